The number of aromatic nitrogens is 1. The van der Waals surface area contributed by atoms with Gasteiger partial charge in [-0.2, -0.15) is 0 Å². The van der Waals surface area contributed by atoms with Gasteiger partial charge in [-0.3, -0.25) is 9.59 Å². The summed E-state index contributed by atoms with van der Waals surface area (Å²) in [6.45, 7) is 4.11. The second-order valence-corrected chi connectivity index (χ2v) is 7.67. The second-order valence-electron chi connectivity index (χ2n) is 6.44. The van der Waals surface area contributed by atoms with Gasteiger partial charge in [-0.1, -0.05) is 13.0 Å². The zero-order chi connectivity index (χ0) is 18.7. The average molecular weight is 392 g/mol. The number of rotatable bonds is 6. The molecule has 1 aromatic carbocycles. The normalized spacial score (nSPS) is 15.8. The van der Waals surface area contributed by atoms with Crippen molar-refractivity contribution in [2.24, 2.45) is 0 Å². The molecule has 2 amide bonds. The van der Waals surface area contributed by atoms with E-state index in [1.807, 2.05) is 29.3 Å². The fourth-order valence-corrected chi connectivity index (χ4v) is 4.14. The Bertz CT molecular complexity index is 821. The Morgan fingerprint density at radius 2 is 2.19 bits per heavy atom. The molecule has 0 saturated heterocycles. The van der Waals surface area contributed by atoms with Crippen molar-refractivity contribution >= 4 is 45.6 Å². The van der Waals surface area contributed by atoms with Crippen molar-refractivity contribution in [2.45, 2.75) is 45.6 Å². The van der Waals surface area contributed by atoms with Crippen LogP contribution in [0.1, 0.15) is 38.7 Å². The van der Waals surface area contributed by atoms with Gasteiger partial charge in [-0.15, -0.1) is 22.9 Å². The smallest absolute Gasteiger partial charge is 0.227 e. The lowest BCUT2D eigenvalue weighted by atomic mass is 10.1. The number of thiazole rings is 1. The van der Waals surface area contributed by atoms with Crippen LogP contribution in [0.2, 0.25) is 0 Å². The van der Waals surface area contributed by atoms with Crippen LogP contribution in [0, 0.1) is 0 Å². The largest absolute Gasteiger partial charge is 0.309 e. The maximum absolute atomic E-state index is 12.4. The minimum Gasteiger partial charge on any atom is -0.309 e. The first-order chi connectivity index (χ1) is 12.5. The minimum absolute atomic E-state index is 0.131. The number of fused-ring (bicyclic) bond motifs is 1. The number of hydrogen-bond acceptors (Lipinski definition) is 4. The molecule has 2 heterocycles. The van der Waals surface area contributed by atoms with Gasteiger partial charge in [0.05, 0.1) is 5.69 Å². The zero-order valence-electron chi connectivity index (χ0n) is 14.9. The van der Waals surface area contributed by atoms with Crippen molar-refractivity contribution in [3.8, 4) is 11.3 Å². The first kappa shape index (κ1) is 18.9. The third-order valence-corrected chi connectivity index (χ3v) is 5.34. The maximum Gasteiger partial charge on any atom is 0.227 e. The van der Waals surface area contributed by atoms with Gasteiger partial charge in [-0.25, -0.2) is 4.98 Å². The molecule has 0 unspecified atom stereocenters. The number of alkyl halides is 1. The van der Waals surface area contributed by atoms with Gasteiger partial charge in [0.2, 0.25) is 11.8 Å². The molecule has 0 saturated carbocycles. The van der Waals surface area contributed by atoms with Gasteiger partial charge >= 0.3 is 0 Å². The molecule has 0 aliphatic carbocycles. The predicted molar refractivity (Wildman–Crippen MR) is 107 cm³/mol. The summed E-state index contributed by atoms with van der Waals surface area (Å²) >= 11 is 6.97. The van der Waals surface area contributed by atoms with Crippen LogP contribution in [0.4, 0.5) is 10.8 Å². The molecule has 1 N–H and O–H groups in total. The average Bonchev–Trinajstić information content (AvgIpc) is 3.17. The molecule has 5 nitrogen and oxygen atoms in total. The van der Waals surface area contributed by atoms with Crippen molar-refractivity contribution < 1.29 is 9.59 Å². The van der Waals surface area contributed by atoms with E-state index in [-0.39, 0.29) is 24.3 Å². The Balaban J connectivity index is 1.80. The zero-order valence-corrected chi connectivity index (χ0v) is 16.5. The lowest BCUT2D eigenvalue weighted by Crippen LogP contribution is -2.35. The summed E-state index contributed by atoms with van der Waals surface area (Å²) in [5.41, 5.74) is 3.99. The molecule has 138 valence electrons. The highest BCUT2D eigenvalue weighted by molar-refractivity contribution is 7.14. The van der Waals surface area contributed by atoms with Crippen molar-refractivity contribution in [3.05, 3.63) is 29.1 Å². The summed E-state index contributed by atoms with van der Waals surface area (Å²) in [6, 6.07) is 6.28. The Hall–Kier alpha value is -1.92. The molecule has 1 atom stereocenters. The Kier molecular flexibility index (Phi) is 5.94. The van der Waals surface area contributed by atoms with Crippen LogP contribution >= 0.6 is 22.9 Å². The highest BCUT2D eigenvalue weighted by atomic mass is 35.5. The lowest BCUT2D eigenvalue weighted by Gasteiger charge is -2.22. The standard InChI is InChI=1S/C19H22ClN3O2S/c1-3-4-18(25)23-12(2)9-14-10-13(5-6-16(14)23)15-11-26-19(21-15)22-17(24)7-8-20/h5-6,10-12H,3-4,7-9H2,1-2H3,(H,21,22,24)/t12-/m1/s1. The fourth-order valence-electron chi connectivity index (χ4n) is 3.24. The predicted octanol–water partition coefficient (Wildman–Crippen LogP) is 4.46. The molecule has 1 aromatic heterocycles. The van der Waals surface area contributed by atoms with E-state index >= 15 is 0 Å². The Morgan fingerprint density at radius 1 is 1.38 bits per heavy atom. The van der Waals surface area contributed by atoms with Crippen LogP contribution in [-0.2, 0) is 16.0 Å². The number of halogens is 1. The summed E-state index contributed by atoms with van der Waals surface area (Å²) in [4.78, 5) is 30.4. The summed E-state index contributed by atoms with van der Waals surface area (Å²) in [7, 11) is 0. The fraction of sp³-hybridized carbons (Fsp3) is 0.421. The van der Waals surface area contributed by atoms with Gasteiger partial charge in [0.15, 0.2) is 5.13 Å². The third kappa shape index (κ3) is 3.91. The number of nitrogens with one attached hydrogen (secondary N) is 1. The monoisotopic (exact) mass is 391 g/mol. The van der Waals surface area contributed by atoms with Crippen molar-refractivity contribution in [1.29, 1.82) is 0 Å². The highest BCUT2D eigenvalue weighted by Crippen LogP contribution is 2.36. The molecule has 0 fully saturated rings. The van der Waals surface area contributed by atoms with Crippen LogP contribution in [0.15, 0.2) is 23.6 Å². The molecule has 26 heavy (non-hydrogen) atoms. The van der Waals surface area contributed by atoms with E-state index in [2.05, 4.69) is 23.3 Å². The summed E-state index contributed by atoms with van der Waals surface area (Å²) in [5, 5.41) is 5.26. The van der Waals surface area contributed by atoms with Crippen LogP contribution < -0.4 is 10.2 Å². The van der Waals surface area contributed by atoms with Gasteiger partial charge in [0, 0.05) is 41.4 Å². The Morgan fingerprint density at radius 3 is 2.92 bits per heavy atom. The summed E-state index contributed by atoms with van der Waals surface area (Å²) in [6.07, 6.45) is 2.55. The van der Waals surface area contributed by atoms with Crippen LogP contribution in [0.25, 0.3) is 11.3 Å². The van der Waals surface area contributed by atoms with Gasteiger partial charge in [0.1, 0.15) is 0 Å². The van der Waals surface area contributed by atoms with Crippen LogP contribution in [0.5, 0.6) is 0 Å². The lowest BCUT2D eigenvalue weighted by molar-refractivity contribution is -0.119. The van der Waals surface area contributed by atoms with Gasteiger partial charge < -0.3 is 10.2 Å². The number of hydrogen-bond donors (Lipinski definition) is 1. The molecular formula is C19H22ClN3O2S. The summed E-state index contributed by atoms with van der Waals surface area (Å²) in [5.74, 6) is 0.346. The van der Waals surface area contributed by atoms with E-state index in [0.29, 0.717) is 17.4 Å². The van der Waals surface area contributed by atoms with Crippen molar-refractivity contribution in [2.75, 3.05) is 16.1 Å². The van der Waals surface area contributed by atoms with E-state index in [9.17, 15) is 9.59 Å². The van der Waals surface area contributed by atoms with Crippen molar-refractivity contribution in [3.63, 3.8) is 0 Å². The minimum atomic E-state index is -0.131. The number of carbonyl (C=O) groups excluding carboxylic acids is 2. The molecule has 0 spiro atoms. The number of benzene rings is 1. The Labute approximate surface area is 162 Å². The van der Waals surface area contributed by atoms with E-state index in [4.69, 9.17) is 11.6 Å². The summed E-state index contributed by atoms with van der Waals surface area (Å²) < 4.78 is 0. The van der Waals surface area contributed by atoms with E-state index in [0.717, 1.165) is 29.8 Å². The number of carbonyl (C=O) groups is 2. The van der Waals surface area contributed by atoms with E-state index < -0.39 is 0 Å². The molecule has 1 aliphatic heterocycles. The quantitative estimate of drug-likeness (QED) is 0.739. The van der Waals surface area contributed by atoms with Crippen LogP contribution in [0.3, 0.4) is 0 Å². The first-order valence-electron chi connectivity index (χ1n) is 8.80. The van der Waals surface area contributed by atoms with Gasteiger partial charge in [-0.05, 0) is 37.5 Å². The maximum atomic E-state index is 12.4. The number of anilines is 2. The molecule has 0 bridgehead atoms. The molecule has 7 heteroatoms. The molecule has 3 rings (SSSR count). The van der Waals surface area contributed by atoms with Crippen molar-refractivity contribution in [1.82, 2.24) is 4.98 Å². The molecular weight excluding hydrogens is 370 g/mol. The van der Waals surface area contributed by atoms with E-state index in [1.165, 1.54) is 16.9 Å². The second kappa shape index (κ2) is 8.18. The number of amides is 2. The number of nitrogens with zero attached hydrogens (tertiary/aromatic N) is 2. The topological polar surface area (TPSA) is 62.3 Å². The molecule has 0 radical (unpaired) electrons. The van der Waals surface area contributed by atoms with Gasteiger partial charge in [0.25, 0.3) is 0 Å². The van der Waals surface area contributed by atoms with Crippen LogP contribution in [-0.4, -0.2) is 28.7 Å². The first-order valence-corrected chi connectivity index (χ1v) is 10.2. The highest BCUT2D eigenvalue weighted by Gasteiger charge is 2.30. The van der Waals surface area contributed by atoms with E-state index in [1.54, 1.807) is 0 Å². The SMILES string of the molecule is CCCC(=O)N1c2ccc(-c3csc(NC(=O)CCCl)n3)cc2C[C@H]1C. The molecule has 2 aromatic rings. The molecule has 1 aliphatic rings. The third-order valence-electron chi connectivity index (χ3n) is 4.40.